The van der Waals surface area contributed by atoms with Crippen molar-refractivity contribution in [1.82, 2.24) is 5.32 Å². The van der Waals surface area contributed by atoms with Gasteiger partial charge in [-0.25, -0.2) is 0 Å². The fourth-order valence-corrected chi connectivity index (χ4v) is 2.96. The van der Waals surface area contributed by atoms with Crippen LogP contribution >= 0.6 is 0 Å². The van der Waals surface area contributed by atoms with Crippen LogP contribution in [-0.4, -0.2) is 19.3 Å². The Labute approximate surface area is 97.6 Å². The number of rotatable bonds is 1. The zero-order valence-electron chi connectivity index (χ0n) is 9.78. The van der Waals surface area contributed by atoms with E-state index in [1.165, 1.54) is 56.4 Å². The molecule has 16 heavy (non-hydrogen) atoms. The van der Waals surface area contributed by atoms with Gasteiger partial charge < -0.3 is 4.90 Å². The first-order chi connectivity index (χ1) is 7.95. The van der Waals surface area contributed by atoms with Gasteiger partial charge in [-0.05, 0) is 37.4 Å². The molecule has 2 aliphatic heterocycles. The highest BCUT2D eigenvalue weighted by atomic mass is 15.3. The van der Waals surface area contributed by atoms with Gasteiger partial charge in [-0.15, -0.1) is 0 Å². The molecule has 2 heteroatoms. The smallest absolute Gasteiger partial charge is 0.0796 e. The number of hydrogen-bond acceptors (Lipinski definition) is 2. The van der Waals surface area contributed by atoms with E-state index in [0.717, 1.165) is 0 Å². The van der Waals surface area contributed by atoms with Crippen LogP contribution in [0.15, 0.2) is 24.3 Å². The van der Waals surface area contributed by atoms with Crippen molar-refractivity contribution in [2.24, 2.45) is 0 Å². The molecular formula is C14H20N2. The molecule has 0 spiro atoms. The molecule has 2 aliphatic rings. The van der Waals surface area contributed by atoms with Crippen LogP contribution in [0, 0.1) is 0 Å². The highest BCUT2D eigenvalue weighted by molar-refractivity contribution is 5.58. The Hall–Kier alpha value is -1.02. The maximum Gasteiger partial charge on any atom is 0.0796 e. The van der Waals surface area contributed by atoms with E-state index >= 15 is 0 Å². The molecule has 1 fully saturated rings. The molecule has 2 nitrogen and oxygen atoms in total. The standard InChI is InChI=1S/C14H20N2/c1-2-8-14(15-10-5-1)16-11-9-12-6-3-4-7-13(12)16/h3-4,6-7,14-15H,1-2,5,8-11H2. The Kier molecular flexibility index (Phi) is 2.83. The third-order valence-corrected chi connectivity index (χ3v) is 3.83. The lowest BCUT2D eigenvalue weighted by molar-refractivity contribution is 0.489. The third-order valence-electron chi connectivity index (χ3n) is 3.83. The third kappa shape index (κ3) is 1.82. The number of nitrogens with one attached hydrogen (secondary N) is 1. The summed E-state index contributed by atoms with van der Waals surface area (Å²) in [7, 11) is 0. The van der Waals surface area contributed by atoms with Gasteiger partial charge in [0.1, 0.15) is 0 Å². The number of anilines is 1. The zero-order valence-corrected chi connectivity index (χ0v) is 9.78. The lowest BCUT2D eigenvalue weighted by atomic mass is 10.1. The summed E-state index contributed by atoms with van der Waals surface area (Å²) in [4.78, 5) is 2.57. The van der Waals surface area contributed by atoms with Crippen LogP contribution in [0.1, 0.15) is 31.2 Å². The topological polar surface area (TPSA) is 15.3 Å². The summed E-state index contributed by atoms with van der Waals surface area (Å²) in [5.74, 6) is 0. The maximum atomic E-state index is 3.69. The highest BCUT2D eigenvalue weighted by Gasteiger charge is 2.25. The predicted molar refractivity (Wildman–Crippen MR) is 67.8 cm³/mol. The Bertz CT molecular complexity index is 354. The van der Waals surface area contributed by atoms with Crippen LogP contribution in [0.2, 0.25) is 0 Å². The van der Waals surface area contributed by atoms with Gasteiger partial charge in [-0.1, -0.05) is 31.0 Å². The SMILES string of the molecule is c1ccc2c(c1)CCN2C1CCCCCN1. The van der Waals surface area contributed by atoms with E-state index in [2.05, 4.69) is 34.5 Å². The van der Waals surface area contributed by atoms with Crippen molar-refractivity contribution in [2.75, 3.05) is 18.0 Å². The van der Waals surface area contributed by atoms with Crippen molar-refractivity contribution in [1.29, 1.82) is 0 Å². The van der Waals surface area contributed by atoms with Crippen molar-refractivity contribution in [3.05, 3.63) is 29.8 Å². The van der Waals surface area contributed by atoms with Gasteiger partial charge in [0.05, 0.1) is 6.17 Å². The lowest BCUT2D eigenvalue weighted by Gasteiger charge is -2.30. The van der Waals surface area contributed by atoms with Gasteiger partial charge in [0.2, 0.25) is 0 Å². The molecule has 1 saturated heterocycles. The summed E-state index contributed by atoms with van der Waals surface area (Å²) in [5, 5.41) is 3.69. The van der Waals surface area contributed by atoms with Crippen LogP contribution in [0.25, 0.3) is 0 Å². The minimum atomic E-state index is 0.575. The average Bonchev–Trinajstić information content (AvgIpc) is 2.57. The monoisotopic (exact) mass is 216 g/mol. The van der Waals surface area contributed by atoms with Crippen molar-refractivity contribution >= 4 is 5.69 Å². The second-order valence-electron chi connectivity index (χ2n) is 4.89. The first-order valence-electron chi connectivity index (χ1n) is 6.53. The molecule has 0 amide bonds. The van der Waals surface area contributed by atoms with E-state index in [1.807, 2.05) is 0 Å². The Morgan fingerprint density at radius 3 is 3.06 bits per heavy atom. The number of para-hydroxylation sites is 1. The molecule has 1 atom stereocenters. The normalized spacial score (nSPS) is 25.2. The molecule has 1 aromatic carbocycles. The summed E-state index contributed by atoms with van der Waals surface area (Å²) in [6, 6.07) is 8.86. The summed E-state index contributed by atoms with van der Waals surface area (Å²) in [6.07, 6.45) is 7.19. The summed E-state index contributed by atoms with van der Waals surface area (Å²) < 4.78 is 0. The van der Waals surface area contributed by atoms with Crippen molar-refractivity contribution in [3.8, 4) is 0 Å². The number of nitrogens with zero attached hydrogens (tertiary/aromatic N) is 1. The minimum absolute atomic E-state index is 0.575. The van der Waals surface area contributed by atoms with Gasteiger partial charge >= 0.3 is 0 Å². The van der Waals surface area contributed by atoms with Gasteiger partial charge in [-0.2, -0.15) is 0 Å². The molecule has 1 N–H and O–H groups in total. The number of benzene rings is 1. The van der Waals surface area contributed by atoms with Gasteiger partial charge in [-0.3, -0.25) is 5.32 Å². The summed E-state index contributed by atoms with van der Waals surface area (Å²) in [5.41, 5.74) is 2.98. The average molecular weight is 216 g/mol. The molecule has 2 heterocycles. The van der Waals surface area contributed by atoms with Crippen LogP contribution in [0.3, 0.4) is 0 Å². The number of hydrogen-bond donors (Lipinski definition) is 1. The molecule has 0 aliphatic carbocycles. The second kappa shape index (κ2) is 4.46. The fourth-order valence-electron chi connectivity index (χ4n) is 2.96. The first kappa shape index (κ1) is 10.2. The molecule has 0 bridgehead atoms. The van der Waals surface area contributed by atoms with E-state index in [9.17, 15) is 0 Å². The van der Waals surface area contributed by atoms with Gasteiger partial charge in [0.25, 0.3) is 0 Å². The molecule has 3 rings (SSSR count). The summed E-state index contributed by atoms with van der Waals surface area (Å²) in [6.45, 7) is 2.38. The van der Waals surface area contributed by atoms with E-state index < -0.39 is 0 Å². The quantitative estimate of drug-likeness (QED) is 0.776. The molecule has 0 saturated carbocycles. The van der Waals surface area contributed by atoms with Gasteiger partial charge in [0, 0.05) is 12.2 Å². The molecule has 1 unspecified atom stereocenters. The van der Waals surface area contributed by atoms with E-state index in [-0.39, 0.29) is 0 Å². The van der Waals surface area contributed by atoms with Crippen molar-refractivity contribution in [3.63, 3.8) is 0 Å². The first-order valence-corrected chi connectivity index (χ1v) is 6.53. The molecule has 0 radical (unpaired) electrons. The Morgan fingerprint density at radius 2 is 2.06 bits per heavy atom. The lowest BCUT2D eigenvalue weighted by Crippen LogP contribution is -2.44. The molecule has 1 aromatic rings. The van der Waals surface area contributed by atoms with E-state index in [0.29, 0.717) is 6.17 Å². The van der Waals surface area contributed by atoms with Crippen molar-refractivity contribution in [2.45, 2.75) is 38.3 Å². The molecule has 86 valence electrons. The Morgan fingerprint density at radius 1 is 1.12 bits per heavy atom. The zero-order chi connectivity index (χ0) is 10.8. The minimum Gasteiger partial charge on any atom is -0.355 e. The molecule has 0 aromatic heterocycles. The second-order valence-corrected chi connectivity index (χ2v) is 4.89. The highest BCUT2D eigenvalue weighted by Crippen LogP contribution is 2.30. The van der Waals surface area contributed by atoms with E-state index in [1.54, 1.807) is 0 Å². The van der Waals surface area contributed by atoms with E-state index in [4.69, 9.17) is 0 Å². The molecular weight excluding hydrogens is 196 g/mol. The maximum absolute atomic E-state index is 3.69. The number of fused-ring (bicyclic) bond motifs is 1. The fraction of sp³-hybridized carbons (Fsp3) is 0.571. The summed E-state index contributed by atoms with van der Waals surface area (Å²) >= 11 is 0. The van der Waals surface area contributed by atoms with Gasteiger partial charge in [0.15, 0.2) is 0 Å². The van der Waals surface area contributed by atoms with Crippen LogP contribution in [-0.2, 0) is 6.42 Å². The largest absolute Gasteiger partial charge is 0.355 e. The van der Waals surface area contributed by atoms with Crippen molar-refractivity contribution < 1.29 is 0 Å². The van der Waals surface area contributed by atoms with Crippen LogP contribution in [0.4, 0.5) is 5.69 Å². The Balaban J connectivity index is 1.80. The predicted octanol–water partition coefficient (Wildman–Crippen LogP) is 2.54. The van der Waals surface area contributed by atoms with Crippen LogP contribution in [0.5, 0.6) is 0 Å². The van der Waals surface area contributed by atoms with Crippen LogP contribution < -0.4 is 10.2 Å².